The quantitative estimate of drug-likeness (QED) is 0.576. The molecule has 0 bridgehead atoms. The summed E-state index contributed by atoms with van der Waals surface area (Å²) in [6.07, 6.45) is 4.83. The minimum Gasteiger partial charge on any atom is -0.337 e. The Morgan fingerprint density at radius 2 is 1.97 bits per heavy atom. The maximum Gasteiger partial charge on any atom is 0.321 e. The Labute approximate surface area is 184 Å². The first-order valence-electron chi connectivity index (χ1n) is 9.64. The monoisotopic (exact) mass is 468 g/mol. The number of hydrogen-bond acceptors (Lipinski definition) is 7. The van der Waals surface area contributed by atoms with E-state index in [1.54, 1.807) is 17.4 Å². The lowest BCUT2D eigenvalue weighted by atomic mass is 10.2. The zero-order valence-electron chi connectivity index (χ0n) is 16.4. The minimum atomic E-state index is -3.52. The minimum absolute atomic E-state index is 0.00354. The molecule has 3 heterocycles. The Balaban J connectivity index is 1.41. The summed E-state index contributed by atoms with van der Waals surface area (Å²) in [6, 6.07) is 6.49. The summed E-state index contributed by atoms with van der Waals surface area (Å²) in [4.78, 5) is 29.2. The largest absolute Gasteiger partial charge is 0.337 e. The van der Waals surface area contributed by atoms with E-state index in [4.69, 9.17) is 0 Å². The second-order valence-electron chi connectivity index (χ2n) is 6.72. The first-order chi connectivity index (χ1) is 14.4. The normalized spacial score (nSPS) is 14.9. The second kappa shape index (κ2) is 10.9. The first-order valence-corrected chi connectivity index (χ1v) is 12.9. The van der Waals surface area contributed by atoms with Gasteiger partial charge in [0.25, 0.3) is 0 Å². The van der Waals surface area contributed by atoms with E-state index in [1.165, 1.54) is 16.6 Å². The number of hydrogen-bond donors (Lipinski definition) is 2. The van der Waals surface area contributed by atoms with Gasteiger partial charge in [-0.1, -0.05) is 24.2 Å². The number of rotatable bonds is 8. The molecule has 2 aromatic heterocycles. The van der Waals surface area contributed by atoms with Gasteiger partial charge in [-0.05, 0) is 42.8 Å². The molecule has 0 spiro atoms. The molecule has 11 heteroatoms. The van der Waals surface area contributed by atoms with Crippen molar-refractivity contribution >= 4 is 45.1 Å². The highest BCUT2D eigenvalue weighted by atomic mass is 32.2. The Bertz CT molecular complexity index is 941. The number of carbonyl (C=O) groups excluding carboxylic acids is 2. The Morgan fingerprint density at radius 1 is 1.17 bits per heavy atom. The highest BCUT2D eigenvalue weighted by molar-refractivity contribution is 7.99. The molecule has 2 N–H and O–H groups in total. The topological polar surface area (TPSA) is 108 Å². The highest BCUT2D eigenvalue weighted by Crippen LogP contribution is 2.22. The van der Waals surface area contributed by atoms with Gasteiger partial charge in [0.15, 0.2) is 0 Å². The van der Waals surface area contributed by atoms with Crippen LogP contribution in [0.4, 0.5) is 4.79 Å². The summed E-state index contributed by atoms with van der Waals surface area (Å²) >= 11 is 2.75. The molecule has 3 rings (SSSR count). The molecule has 162 valence electrons. The predicted molar refractivity (Wildman–Crippen MR) is 117 cm³/mol. The molecule has 0 aromatic carbocycles. The van der Waals surface area contributed by atoms with Gasteiger partial charge >= 0.3 is 6.03 Å². The number of piperidine rings is 1. The van der Waals surface area contributed by atoms with Crippen LogP contribution in [0.5, 0.6) is 0 Å². The summed E-state index contributed by atoms with van der Waals surface area (Å²) in [6.45, 7) is 1.52. The van der Waals surface area contributed by atoms with E-state index in [0.29, 0.717) is 31.1 Å². The van der Waals surface area contributed by atoms with Crippen LogP contribution in [0.2, 0.25) is 0 Å². The van der Waals surface area contributed by atoms with Gasteiger partial charge in [0.05, 0.1) is 10.8 Å². The number of pyridine rings is 1. The molecule has 1 saturated heterocycles. The molecule has 0 saturated carbocycles. The summed E-state index contributed by atoms with van der Waals surface area (Å²) in [5, 5.41) is 7.40. The van der Waals surface area contributed by atoms with Gasteiger partial charge in [-0.15, -0.1) is 11.3 Å². The number of carbonyl (C=O) groups is 2. The number of thioether (sulfide) groups is 1. The number of thiophene rings is 1. The van der Waals surface area contributed by atoms with E-state index < -0.39 is 22.0 Å². The zero-order valence-corrected chi connectivity index (χ0v) is 18.8. The molecule has 3 amide bonds. The second-order valence-corrected chi connectivity index (χ2v) is 10.7. The molecule has 1 aliphatic heterocycles. The van der Waals surface area contributed by atoms with Crippen molar-refractivity contribution in [3.05, 3.63) is 40.7 Å². The van der Waals surface area contributed by atoms with E-state index in [2.05, 4.69) is 15.6 Å². The lowest BCUT2D eigenvalue weighted by Crippen LogP contribution is -2.41. The molecule has 30 heavy (non-hydrogen) atoms. The third kappa shape index (κ3) is 6.53. The average Bonchev–Trinajstić information content (AvgIpc) is 3.27. The molecular formula is C19H24N4O4S3. The van der Waals surface area contributed by atoms with Crippen molar-refractivity contribution in [2.75, 3.05) is 25.4 Å². The van der Waals surface area contributed by atoms with Crippen LogP contribution >= 0.6 is 23.1 Å². The number of sulfonamides is 1. The number of nitrogens with one attached hydrogen (secondary N) is 2. The Kier molecular flexibility index (Phi) is 8.25. The van der Waals surface area contributed by atoms with Crippen molar-refractivity contribution in [2.45, 2.75) is 35.6 Å². The van der Waals surface area contributed by atoms with Crippen LogP contribution in [0.15, 0.2) is 45.8 Å². The van der Waals surface area contributed by atoms with Crippen LogP contribution in [0.25, 0.3) is 0 Å². The number of aromatic nitrogens is 1. The van der Waals surface area contributed by atoms with Gasteiger partial charge in [-0.2, -0.15) is 4.31 Å². The molecule has 0 atom stereocenters. The molecule has 2 aromatic rings. The molecular weight excluding hydrogens is 444 g/mol. The lowest BCUT2D eigenvalue weighted by Gasteiger charge is -2.25. The Morgan fingerprint density at radius 3 is 2.63 bits per heavy atom. The standard InChI is InChI=1S/C19H24N4O4S3/c24-17(22-19(25)20-9-8-15-5-4-12-28-15)14-29-18-7-6-16(13-21-18)30(26,27)23-10-2-1-3-11-23/h4-7,12-13H,1-3,8-11,14H2,(H2,20,22,24,25). The van der Waals surface area contributed by atoms with Gasteiger partial charge < -0.3 is 5.32 Å². The van der Waals surface area contributed by atoms with Crippen LogP contribution in [0.1, 0.15) is 24.1 Å². The van der Waals surface area contributed by atoms with Crippen LogP contribution in [0, 0.1) is 0 Å². The zero-order chi connectivity index (χ0) is 21.4. The van der Waals surface area contributed by atoms with Crippen molar-refractivity contribution in [3.63, 3.8) is 0 Å². The smallest absolute Gasteiger partial charge is 0.321 e. The molecule has 0 aliphatic carbocycles. The molecule has 1 aliphatic rings. The van der Waals surface area contributed by atoms with Crippen molar-refractivity contribution in [3.8, 4) is 0 Å². The van der Waals surface area contributed by atoms with E-state index in [9.17, 15) is 18.0 Å². The number of amides is 3. The van der Waals surface area contributed by atoms with Crippen molar-refractivity contribution in [1.82, 2.24) is 19.9 Å². The van der Waals surface area contributed by atoms with Crippen LogP contribution in [0.3, 0.4) is 0 Å². The molecule has 0 unspecified atom stereocenters. The summed E-state index contributed by atoms with van der Waals surface area (Å²) in [5.74, 6) is -0.441. The van der Waals surface area contributed by atoms with Crippen LogP contribution < -0.4 is 10.6 Å². The third-order valence-electron chi connectivity index (χ3n) is 4.50. The maximum atomic E-state index is 12.6. The molecule has 8 nitrogen and oxygen atoms in total. The van der Waals surface area contributed by atoms with Gasteiger partial charge in [-0.3, -0.25) is 10.1 Å². The van der Waals surface area contributed by atoms with Gasteiger partial charge in [0.2, 0.25) is 15.9 Å². The van der Waals surface area contributed by atoms with Gasteiger partial charge in [0, 0.05) is 30.7 Å². The highest BCUT2D eigenvalue weighted by Gasteiger charge is 2.26. The van der Waals surface area contributed by atoms with E-state index in [0.717, 1.165) is 35.9 Å². The van der Waals surface area contributed by atoms with E-state index in [1.807, 2.05) is 17.5 Å². The van der Waals surface area contributed by atoms with Crippen LogP contribution in [-0.2, 0) is 21.2 Å². The summed E-state index contributed by atoms with van der Waals surface area (Å²) in [7, 11) is -3.52. The number of urea groups is 1. The summed E-state index contributed by atoms with van der Waals surface area (Å²) < 4.78 is 26.7. The van der Waals surface area contributed by atoms with E-state index in [-0.39, 0.29) is 10.6 Å². The fourth-order valence-corrected chi connectivity index (χ4v) is 5.77. The first kappa shape index (κ1) is 22.7. The summed E-state index contributed by atoms with van der Waals surface area (Å²) in [5.41, 5.74) is 0. The fraction of sp³-hybridized carbons (Fsp3) is 0.421. The predicted octanol–water partition coefficient (Wildman–Crippen LogP) is 2.48. The number of imide groups is 1. The molecule has 1 fully saturated rings. The van der Waals surface area contributed by atoms with Gasteiger partial charge in [0.1, 0.15) is 4.90 Å². The number of nitrogens with zero attached hydrogens (tertiary/aromatic N) is 2. The maximum absolute atomic E-state index is 12.6. The van der Waals surface area contributed by atoms with Crippen molar-refractivity contribution < 1.29 is 18.0 Å². The lowest BCUT2D eigenvalue weighted by molar-refractivity contribution is -0.117. The van der Waals surface area contributed by atoms with Gasteiger partial charge in [-0.25, -0.2) is 18.2 Å². The fourth-order valence-electron chi connectivity index (χ4n) is 2.96. The van der Waals surface area contributed by atoms with Crippen molar-refractivity contribution in [1.29, 1.82) is 0 Å². The van der Waals surface area contributed by atoms with Crippen molar-refractivity contribution in [2.24, 2.45) is 0 Å². The average molecular weight is 469 g/mol. The SMILES string of the molecule is O=C(CSc1ccc(S(=O)(=O)N2CCCCC2)cn1)NC(=O)NCCc1cccs1. The van der Waals surface area contributed by atoms with E-state index >= 15 is 0 Å². The molecule has 0 radical (unpaired) electrons. The third-order valence-corrected chi connectivity index (χ3v) is 8.27. The van der Waals surface area contributed by atoms with Crippen LogP contribution in [-0.4, -0.2) is 55.0 Å². The Hall–Kier alpha value is -1.95.